The number of carbonyl (C=O) groups is 1. The summed E-state index contributed by atoms with van der Waals surface area (Å²) in [6.07, 6.45) is 1.60. The number of halogens is 3. The van der Waals surface area contributed by atoms with Crippen LogP contribution in [0, 0.1) is 0 Å². The fraction of sp³-hybridized carbons (Fsp3) is 0.0909. The third-order valence-electron chi connectivity index (χ3n) is 4.50. The third kappa shape index (κ3) is 4.49. The van der Waals surface area contributed by atoms with Crippen LogP contribution in [0.15, 0.2) is 65.6 Å². The molecule has 0 aliphatic rings. The van der Waals surface area contributed by atoms with Gasteiger partial charge in [-0.1, -0.05) is 45.2 Å². The van der Waals surface area contributed by atoms with E-state index in [-0.39, 0.29) is 16.3 Å². The van der Waals surface area contributed by atoms with Gasteiger partial charge in [0.25, 0.3) is 11.5 Å². The lowest BCUT2D eigenvalue weighted by Gasteiger charge is -2.14. The second kappa shape index (κ2) is 8.78. The predicted octanol–water partition coefficient (Wildman–Crippen LogP) is 5.80. The summed E-state index contributed by atoms with van der Waals surface area (Å²) in [5.74, 6) is -0.374. The fourth-order valence-corrected chi connectivity index (χ4v) is 3.97. The maximum Gasteiger partial charge on any atom is 0.279 e. The van der Waals surface area contributed by atoms with Gasteiger partial charge in [0.15, 0.2) is 5.65 Å². The molecule has 2 aromatic carbocycles. The predicted molar refractivity (Wildman–Crippen MR) is 127 cm³/mol. The number of carbonyl (C=O) groups excluding carboxylic acids is 1. The van der Waals surface area contributed by atoms with E-state index in [9.17, 15) is 9.59 Å². The Labute approximate surface area is 196 Å². The molecule has 0 fully saturated rings. The van der Waals surface area contributed by atoms with Crippen LogP contribution < -0.4 is 10.9 Å². The van der Waals surface area contributed by atoms with E-state index in [0.717, 1.165) is 0 Å². The first-order chi connectivity index (χ1) is 14.8. The molecule has 1 atom stereocenters. The van der Waals surface area contributed by atoms with Crippen molar-refractivity contribution in [3.63, 3.8) is 0 Å². The summed E-state index contributed by atoms with van der Waals surface area (Å²) in [4.78, 5) is 34.4. The molecule has 1 unspecified atom stereocenters. The van der Waals surface area contributed by atoms with Gasteiger partial charge in [-0.05, 0) is 55.5 Å². The minimum Gasteiger partial charge on any atom is -0.322 e. The van der Waals surface area contributed by atoms with Crippen molar-refractivity contribution < 1.29 is 4.79 Å². The molecule has 2 aromatic heterocycles. The largest absolute Gasteiger partial charge is 0.322 e. The lowest BCUT2D eigenvalue weighted by atomic mass is 10.2. The Kier molecular flexibility index (Phi) is 6.09. The van der Waals surface area contributed by atoms with Crippen molar-refractivity contribution in [2.24, 2.45) is 0 Å². The highest BCUT2D eigenvalue weighted by Crippen LogP contribution is 2.23. The van der Waals surface area contributed by atoms with Gasteiger partial charge in [-0.3, -0.25) is 14.2 Å². The molecule has 1 N–H and O–H groups in total. The summed E-state index contributed by atoms with van der Waals surface area (Å²) in [7, 11) is 0. The van der Waals surface area contributed by atoms with Crippen molar-refractivity contribution in [3.05, 3.63) is 92.5 Å². The van der Waals surface area contributed by atoms with Crippen molar-refractivity contribution in [2.45, 2.75) is 11.8 Å². The number of rotatable bonds is 4. The third-order valence-corrected chi connectivity index (χ3v) is 5.37. The van der Waals surface area contributed by atoms with Crippen molar-refractivity contribution in [3.8, 4) is 5.69 Å². The number of pyridine rings is 1. The van der Waals surface area contributed by atoms with Crippen LogP contribution in [0.5, 0.6) is 0 Å². The minimum atomic E-state index is -0.374. The second-order valence-electron chi connectivity index (χ2n) is 6.76. The molecule has 4 rings (SSSR count). The molecule has 156 valence electrons. The summed E-state index contributed by atoms with van der Waals surface area (Å²) in [6, 6.07) is 15.1. The number of nitrogens with one attached hydrogen (secondary N) is 1. The maximum atomic E-state index is 13.2. The molecule has 4 aromatic rings. The van der Waals surface area contributed by atoms with E-state index in [1.54, 1.807) is 48.7 Å². The zero-order valence-electron chi connectivity index (χ0n) is 16.1. The van der Waals surface area contributed by atoms with Gasteiger partial charge in [-0.2, -0.15) is 0 Å². The quantitative estimate of drug-likeness (QED) is 0.347. The normalized spacial score (nSPS) is 12.0. The monoisotopic (exact) mass is 516 g/mol. The summed E-state index contributed by atoms with van der Waals surface area (Å²) >= 11 is 15.4. The molecule has 6 nitrogen and oxygen atoms in total. The first-order valence-electron chi connectivity index (χ1n) is 9.23. The van der Waals surface area contributed by atoms with Crippen LogP contribution >= 0.6 is 39.1 Å². The highest BCUT2D eigenvalue weighted by Gasteiger charge is 2.17. The molecule has 0 saturated heterocycles. The molecule has 0 radical (unpaired) electrons. The van der Waals surface area contributed by atoms with Gasteiger partial charge in [0.1, 0.15) is 11.2 Å². The van der Waals surface area contributed by atoms with E-state index in [0.29, 0.717) is 43.8 Å². The van der Waals surface area contributed by atoms with Crippen LogP contribution in [0.4, 0.5) is 5.69 Å². The Morgan fingerprint density at radius 1 is 1.10 bits per heavy atom. The molecule has 0 spiro atoms. The molecular formula is C22H15BrCl2N4O2. The lowest BCUT2D eigenvalue weighted by molar-refractivity contribution is 0.102. The van der Waals surface area contributed by atoms with E-state index in [2.05, 4.69) is 31.2 Å². The Morgan fingerprint density at radius 3 is 2.55 bits per heavy atom. The zero-order chi connectivity index (χ0) is 22.1. The van der Waals surface area contributed by atoms with E-state index in [4.69, 9.17) is 23.2 Å². The summed E-state index contributed by atoms with van der Waals surface area (Å²) in [5.41, 5.74) is 2.46. The van der Waals surface area contributed by atoms with Crippen molar-refractivity contribution in [1.29, 1.82) is 0 Å². The first-order valence-corrected chi connectivity index (χ1v) is 10.9. The molecule has 2 heterocycles. The lowest BCUT2D eigenvalue weighted by Crippen LogP contribution is -2.25. The number of aromatic nitrogens is 3. The summed E-state index contributed by atoms with van der Waals surface area (Å²) in [6.45, 7) is 1.84. The van der Waals surface area contributed by atoms with Crippen molar-refractivity contribution >= 4 is 61.9 Å². The number of benzene rings is 2. The van der Waals surface area contributed by atoms with Gasteiger partial charge in [-0.25, -0.2) is 9.97 Å². The first kappa shape index (κ1) is 21.5. The Hall–Kier alpha value is -2.74. The Morgan fingerprint density at radius 2 is 1.84 bits per heavy atom. The number of anilines is 1. The number of hydrogen-bond acceptors (Lipinski definition) is 4. The number of amides is 1. The van der Waals surface area contributed by atoms with Gasteiger partial charge in [0.2, 0.25) is 0 Å². The molecule has 9 heteroatoms. The maximum absolute atomic E-state index is 13.2. The molecule has 0 aliphatic heterocycles. The Bertz CT molecular complexity index is 1350. The van der Waals surface area contributed by atoms with Gasteiger partial charge in [-0.15, -0.1) is 0 Å². The molecular weight excluding hydrogens is 503 g/mol. The number of hydrogen-bond donors (Lipinski definition) is 1. The topological polar surface area (TPSA) is 76.9 Å². The molecule has 0 saturated carbocycles. The summed E-state index contributed by atoms with van der Waals surface area (Å²) in [5, 5.41) is 3.54. The average Bonchev–Trinajstić information content (AvgIpc) is 2.72. The van der Waals surface area contributed by atoms with Crippen LogP contribution in [0.2, 0.25) is 10.0 Å². The summed E-state index contributed by atoms with van der Waals surface area (Å²) < 4.78 is 1.49. The van der Waals surface area contributed by atoms with Crippen molar-refractivity contribution in [2.75, 3.05) is 5.32 Å². The molecule has 31 heavy (non-hydrogen) atoms. The van der Waals surface area contributed by atoms with Gasteiger partial charge >= 0.3 is 0 Å². The molecule has 1 amide bonds. The van der Waals surface area contributed by atoms with Crippen LogP contribution in [-0.4, -0.2) is 20.4 Å². The SMILES string of the molecule is CC(Br)c1nc2cccnc2n(-c2cccc(NC(=O)c3cc(Cl)cc(Cl)c3)c2)c1=O. The van der Waals surface area contributed by atoms with Gasteiger partial charge in [0.05, 0.1) is 10.5 Å². The molecule has 0 aliphatic carbocycles. The average molecular weight is 518 g/mol. The molecule has 0 bridgehead atoms. The van der Waals surface area contributed by atoms with Crippen LogP contribution in [0.3, 0.4) is 0 Å². The van der Waals surface area contributed by atoms with Gasteiger partial charge < -0.3 is 5.32 Å². The number of fused-ring (bicyclic) bond motifs is 1. The number of alkyl halides is 1. The Balaban J connectivity index is 1.79. The standard InChI is InChI=1S/C22H15BrCl2N4O2/c1-12(23)19-22(31)29(20-18(28-19)6-3-7-26-20)17-5-2-4-16(11-17)27-21(30)13-8-14(24)10-15(25)9-13/h2-12H,1H3,(H,27,30). The van der Waals surface area contributed by atoms with E-state index < -0.39 is 0 Å². The smallest absolute Gasteiger partial charge is 0.279 e. The minimum absolute atomic E-state index is 0.244. The zero-order valence-corrected chi connectivity index (χ0v) is 19.2. The van der Waals surface area contributed by atoms with E-state index >= 15 is 0 Å². The second-order valence-corrected chi connectivity index (χ2v) is 9.01. The van der Waals surface area contributed by atoms with E-state index in [1.165, 1.54) is 16.7 Å². The van der Waals surface area contributed by atoms with E-state index in [1.807, 2.05) is 6.92 Å². The van der Waals surface area contributed by atoms with Crippen LogP contribution in [-0.2, 0) is 0 Å². The van der Waals surface area contributed by atoms with Crippen LogP contribution in [0.1, 0.15) is 27.8 Å². The highest BCUT2D eigenvalue weighted by atomic mass is 79.9. The van der Waals surface area contributed by atoms with Crippen molar-refractivity contribution in [1.82, 2.24) is 14.5 Å². The fourth-order valence-electron chi connectivity index (χ4n) is 3.15. The highest BCUT2D eigenvalue weighted by molar-refractivity contribution is 9.09. The number of nitrogens with zero attached hydrogens (tertiary/aromatic N) is 3. The van der Waals surface area contributed by atoms with Crippen LogP contribution in [0.25, 0.3) is 16.9 Å². The van der Waals surface area contributed by atoms with Gasteiger partial charge in [0, 0.05) is 27.5 Å².